The fraction of sp³-hybridized carbons (Fsp3) is 0.565. The molecule has 3 aliphatic heterocycles. The van der Waals surface area contributed by atoms with E-state index in [0.29, 0.717) is 40.1 Å². The largest absolute Gasteiger partial charge is 0.346 e. The highest BCUT2D eigenvalue weighted by Gasteiger charge is 2.53. The number of aryl methyl sites for hydroxylation is 2. The van der Waals surface area contributed by atoms with Gasteiger partial charge in [-0.25, -0.2) is 38.7 Å². The summed E-state index contributed by atoms with van der Waals surface area (Å²) in [5, 5.41) is 0. The van der Waals surface area contributed by atoms with Gasteiger partial charge in [0.25, 0.3) is 0 Å². The van der Waals surface area contributed by atoms with Crippen LogP contribution in [0.15, 0.2) is 25.3 Å². The van der Waals surface area contributed by atoms with Crippen molar-refractivity contribution in [1.29, 1.82) is 0 Å². The lowest BCUT2D eigenvalue weighted by atomic mass is 10.1. The van der Waals surface area contributed by atoms with Crippen molar-refractivity contribution in [3.63, 3.8) is 0 Å². The summed E-state index contributed by atoms with van der Waals surface area (Å²) in [7, 11) is 0. The molecule has 3 aliphatic rings. The van der Waals surface area contributed by atoms with Crippen LogP contribution in [-0.4, -0.2) is 98.8 Å². The Labute approximate surface area is 263 Å². The zero-order chi connectivity index (χ0) is 31.7. The van der Waals surface area contributed by atoms with Crippen LogP contribution in [0.3, 0.4) is 0 Å². The molecule has 3 fully saturated rings. The van der Waals surface area contributed by atoms with Crippen LogP contribution < -0.4 is 0 Å². The maximum Gasteiger partial charge on any atom is 0.325 e. The fourth-order valence-corrected chi connectivity index (χ4v) is 8.43. The molecule has 242 valence electrons. The number of fused-ring (bicyclic) bond motifs is 4. The van der Waals surface area contributed by atoms with E-state index in [0.717, 1.165) is 0 Å². The number of halogens is 2. The maximum absolute atomic E-state index is 16.1. The van der Waals surface area contributed by atoms with Crippen molar-refractivity contribution in [2.75, 3.05) is 13.2 Å². The molecule has 16 nitrogen and oxygen atoms in total. The molecule has 3 saturated heterocycles. The van der Waals surface area contributed by atoms with Crippen LogP contribution in [0.5, 0.6) is 0 Å². The minimum Gasteiger partial charge on any atom is -0.346 e. The van der Waals surface area contributed by atoms with Crippen LogP contribution in [0.4, 0.5) is 8.78 Å². The first-order valence-corrected chi connectivity index (χ1v) is 18.9. The topological polar surface area (TPSA) is 183 Å². The summed E-state index contributed by atoms with van der Waals surface area (Å²) in [6.07, 6.45) is -6.30. The molecule has 7 rings (SSSR count). The van der Waals surface area contributed by atoms with Gasteiger partial charge in [0.2, 0.25) is 0 Å². The lowest BCUT2D eigenvalue weighted by Crippen LogP contribution is -2.37. The van der Waals surface area contributed by atoms with E-state index >= 15 is 8.78 Å². The van der Waals surface area contributed by atoms with Crippen molar-refractivity contribution in [1.82, 2.24) is 39.0 Å². The monoisotopic (exact) mass is 706 g/mol. The lowest BCUT2D eigenvalue weighted by Gasteiger charge is -2.29. The predicted molar refractivity (Wildman–Crippen MR) is 157 cm³/mol. The van der Waals surface area contributed by atoms with E-state index in [2.05, 4.69) is 29.9 Å². The third kappa shape index (κ3) is 5.74. The van der Waals surface area contributed by atoms with Gasteiger partial charge in [-0.05, 0) is 37.0 Å². The lowest BCUT2D eigenvalue weighted by molar-refractivity contribution is -0.0583. The Morgan fingerprint density at radius 1 is 0.800 bits per heavy atom. The zero-order valence-electron chi connectivity index (χ0n) is 23.4. The molecule has 10 atom stereocenters. The molecule has 0 aromatic carbocycles. The molecule has 22 heteroatoms. The normalized spacial score (nSPS) is 37.7. The van der Waals surface area contributed by atoms with Gasteiger partial charge in [-0.1, -0.05) is 6.92 Å². The number of ether oxygens (including phenoxy) is 2. The number of alkyl halides is 2. The minimum absolute atomic E-state index is 0.292. The number of aromatic nitrogens is 8. The molecule has 0 bridgehead atoms. The van der Waals surface area contributed by atoms with Crippen LogP contribution in [0.25, 0.3) is 22.3 Å². The number of rotatable bonds is 3. The first kappa shape index (κ1) is 31.5. The number of imidazole rings is 2. The number of hydrogen-bond acceptors (Lipinski definition) is 14. The summed E-state index contributed by atoms with van der Waals surface area (Å²) < 4.78 is 69.0. The second kappa shape index (κ2) is 11.9. The van der Waals surface area contributed by atoms with Gasteiger partial charge >= 0.3 is 13.4 Å². The van der Waals surface area contributed by atoms with E-state index in [9.17, 15) is 9.79 Å². The zero-order valence-corrected chi connectivity index (χ0v) is 26.9. The molecular formula is C23H26F2N8O8P2S2. The summed E-state index contributed by atoms with van der Waals surface area (Å²) in [4.78, 5) is 47.2. The standard InChI is InChI=1S/C23H26F2N8O8P2S2/c1-3-11-17-21(29-7-27-11)33(9-31-17)23-15(25)19-13(39-23)5-37-42(34,44)40-18-12(4-36-43(35,45)41-19)38-22(14(18)24)32-8-30-16-10(2)26-6-28-20(16)32/h6-9,12-15,18-19,22-23H,3-5H2,1-2H3,(H,34,44)(H,35,45)/t12-,13-,14-,15-,18-,19-,22-,23-,42?,43?/m1/s1. The van der Waals surface area contributed by atoms with Crippen LogP contribution in [0.2, 0.25) is 0 Å². The first-order chi connectivity index (χ1) is 21.5. The molecule has 0 amide bonds. The van der Waals surface area contributed by atoms with Crippen molar-refractivity contribution in [3.8, 4) is 0 Å². The van der Waals surface area contributed by atoms with Crippen molar-refractivity contribution in [2.24, 2.45) is 0 Å². The Kier molecular flexibility index (Phi) is 8.32. The van der Waals surface area contributed by atoms with E-state index in [1.54, 1.807) is 6.92 Å². The van der Waals surface area contributed by atoms with Gasteiger partial charge in [0.1, 0.15) is 48.1 Å². The summed E-state index contributed by atoms with van der Waals surface area (Å²) in [6, 6.07) is 0. The van der Waals surface area contributed by atoms with Gasteiger partial charge in [0, 0.05) is 0 Å². The van der Waals surface area contributed by atoms with Gasteiger partial charge in [-0.3, -0.25) is 18.2 Å². The Morgan fingerprint density at radius 3 is 1.82 bits per heavy atom. The van der Waals surface area contributed by atoms with Gasteiger partial charge in [-0.2, -0.15) is 0 Å². The Bertz CT molecular complexity index is 1860. The average molecular weight is 707 g/mol. The Morgan fingerprint density at radius 2 is 1.29 bits per heavy atom. The molecular weight excluding hydrogens is 680 g/mol. The number of hydrogen-bond donors (Lipinski definition) is 2. The van der Waals surface area contributed by atoms with E-state index < -0.39 is 75.9 Å². The molecule has 0 spiro atoms. The molecule has 4 aromatic heterocycles. The van der Waals surface area contributed by atoms with Crippen molar-refractivity contribution in [3.05, 3.63) is 36.7 Å². The SMILES string of the molecule is CCc1ncnc2c1ncn2[C@@H]1O[C@@H]2COP(O)(=S)O[C@H]3[C@@H](F)[C@H](n4cnc5c(C)ncnc54)O[C@@H]3COP(O)(=S)O[C@H]2[C@H]1F. The van der Waals surface area contributed by atoms with Crippen molar-refractivity contribution < 1.29 is 46.1 Å². The maximum atomic E-state index is 16.1. The molecule has 0 radical (unpaired) electrons. The van der Waals surface area contributed by atoms with Crippen LogP contribution in [-0.2, 0) is 57.6 Å². The van der Waals surface area contributed by atoms with E-state index in [1.807, 2.05) is 6.92 Å². The Balaban J connectivity index is 1.16. The predicted octanol–water partition coefficient (Wildman–Crippen LogP) is 2.26. The highest BCUT2D eigenvalue weighted by Crippen LogP contribution is 2.54. The van der Waals surface area contributed by atoms with Crippen molar-refractivity contribution in [2.45, 2.75) is 69.5 Å². The summed E-state index contributed by atoms with van der Waals surface area (Å²) in [6.45, 7) is -5.92. The third-order valence-corrected chi connectivity index (χ3v) is 10.8. The highest BCUT2D eigenvalue weighted by molar-refractivity contribution is 8.07. The quantitative estimate of drug-likeness (QED) is 0.296. The third-order valence-electron chi connectivity index (χ3n) is 7.71. The average Bonchev–Trinajstić information content (AvgIpc) is 3.76. The molecule has 2 unspecified atom stereocenters. The minimum atomic E-state index is -4.21. The van der Waals surface area contributed by atoms with Crippen LogP contribution in [0.1, 0.15) is 30.8 Å². The Hall–Kier alpha value is -2.06. The molecule has 45 heavy (non-hydrogen) atoms. The van der Waals surface area contributed by atoms with Crippen LogP contribution in [0, 0.1) is 6.92 Å². The van der Waals surface area contributed by atoms with Gasteiger partial charge < -0.3 is 28.3 Å². The highest BCUT2D eigenvalue weighted by atomic mass is 32.5. The van der Waals surface area contributed by atoms with Gasteiger partial charge in [0.15, 0.2) is 36.1 Å². The second-order valence-corrected chi connectivity index (χ2v) is 16.0. The fourth-order valence-electron chi connectivity index (χ4n) is 5.56. The van der Waals surface area contributed by atoms with Gasteiger partial charge in [0.05, 0.1) is 37.3 Å². The van der Waals surface area contributed by atoms with Gasteiger partial charge in [-0.15, -0.1) is 0 Å². The first-order valence-electron chi connectivity index (χ1n) is 13.7. The molecule has 2 N–H and O–H groups in total. The summed E-state index contributed by atoms with van der Waals surface area (Å²) >= 11 is 10.4. The van der Waals surface area contributed by atoms with E-state index in [4.69, 9.17) is 51.2 Å². The van der Waals surface area contributed by atoms with Crippen molar-refractivity contribution >= 4 is 59.4 Å². The van der Waals surface area contributed by atoms with Crippen LogP contribution >= 0.6 is 13.4 Å². The second-order valence-electron chi connectivity index (χ2n) is 10.5. The van der Waals surface area contributed by atoms with E-state index in [1.165, 1.54) is 34.4 Å². The summed E-state index contributed by atoms with van der Waals surface area (Å²) in [5.41, 5.74) is 2.71. The molecule has 7 heterocycles. The molecule has 4 aromatic rings. The molecule has 0 saturated carbocycles. The summed E-state index contributed by atoms with van der Waals surface area (Å²) in [5.74, 6) is 0. The number of nitrogens with zero attached hydrogens (tertiary/aromatic N) is 8. The smallest absolute Gasteiger partial charge is 0.325 e. The molecule has 0 aliphatic carbocycles. The van der Waals surface area contributed by atoms with E-state index in [-0.39, 0.29) is 0 Å².